The number of nitrogens with one attached hydrogen (secondary N) is 2. The van der Waals surface area contributed by atoms with Gasteiger partial charge >= 0.3 is 6.18 Å². The largest absolute Gasteiger partial charge is 0.449 e. The van der Waals surface area contributed by atoms with Crippen molar-refractivity contribution < 1.29 is 18.0 Å². The van der Waals surface area contributed by atoms with Crippen LogP contribution in [0.3, 0.4) is 0 Å². The van der Waals surface area contributed by atoms with Crippen molar-refractivity contribution in [2.75, 3.05) is 19.6 Å². The topological polar surface area (TPSA) is 61.0 Å². The molecule has 0 saturated carbocycles. The number of alkyl halides is 3. The number of halogens is 3. The van der Waals surface area contributed by atoms with Crippen LogP contribution in [0, 0.1) is 0 Å². The molecule has 1 aliphatic rings. The fourth-order valence-electron chi connectivity index (χ4n) is 3.70. The molecule has 4 rings (SSSR count). The van der Waals surface area contributed by atoms with E-state index >= 15 is 0 Å². The number of aromatic amines is 1. The minimum atomic E-state index is -4.54. The Balaban J connectivity index is 1.64. The highest BCUT2D eigenvalue weighted by Gasteiger charge is 2.34. The quantitative estimate of drug-likeness (QED) is 0.681. The van der Waals surface area contributed by atoms with Crippen LogP contribution < -0.4 is 5.32 Å². The number of carbonyl (C=O) groups excluding carboxylic acids is 1. The van der Waals surface area contributed by atoms with Crippen molar-refractivity contribution in [1.82, 2.24) is 20.2 Å². The predicted molar refractivity (Wildman–Crippen MR) is 103 cm³/mol. The summed E-state index contributed by atoms with van der Waals surface area (Å²) < 4.78 is 38.9. The Morgan fingerprint density at radius 2 is 1.83 bits per heavy atom. The third kappa shape index (κ3) is 4.42. The van der Waals surface area contributed by atoms with Gasteiger partial charge in [-0.2, -0.15) is 13.2 Å². The van der Waals surface area contributed by atoms with Crippen LogP contribution in [0.2, 0.25) is 0 Å². The van der Waals surface area contributed by atoms with E-state index in [0.29, 0.717) is 12.1 Å². The van der Waals surface area contributed by atoms with Crippen LogP contribution in [0.5, 0.6) is 0 Å². The summed E-state index contributed by atoms with van der Waals surface area (Å²) >= 11 is 0. The molecule has 0 aliphatic carbocycles. The maximum Gasteiger partial charge on any atom is 0.449 e. The number of likely N-dealkylation sites (tertiary alicyclic amines) is 1. The molecule has 1 saturated heterocycles. The van der Waals surface area contributed by atoms with Crippen molar-refractivity contribution in [3.63, 3.8) is 0 Å². The summed E-state index contributed by atoms with van der Waals surface area (Å²) in [5.74, 6) is -1.14. The lowest BCUT2D eigenvalue weighted by Gasteiger charge is -2.22. The van der Waals surface area contributed by atoms with Gasteiger partial charge in [-0.05, 0) is 49.2 Å². The van der Waals surface area contributed by atoms with E-state index in [1.807, 2.05) is 30.3 Å². The number of nitrogens with zero attached hydrogens (tertiary/aromatic N) is 2. The second-order valence-corrected chi connectivity index (χ2v) is 7.25. The number of amides is 1. The molecule has 8 heteroatoms. The molecule has 1 aromatic heterocycles. The molecule has 1 atom stereocenters. The van der Waals surface area contributed by atoms with E-state index in [2.05, 4.69) is 20.2 Å². The van der Waals surface area contributed by atoms with Crippen molar-refractivity contribution >= 4 is 16.9 Å². The highest BCUT2D eigenvalue weighted by atomic mass is 19.4. The lowest BCUT2D eigenvalue weighted by Crippen LogP contribution is -2.38. The Labute approximate surface area is 165 Å². The Kier molecular flexibility index (Phi) is 5.27. The standard InChI is InChI=1S/C21H21F3N4O/c22-21(23,24)20-25-16-9-8-15(12-17(16)26-20)19(14-6-2-1-3-7-14)27-18(29)13-28-10-4-5-11-28/h1-3,6-9,12,19H,4-5,10-11,13H2,(H,25,26)(H,27,29)/t19-/m0/s1. The SMILES string of the molecule is O=C(CN1CCCC1)N[C@@H](c1ccccc1)c1ccc2nc(C(F)(F)F)[nH]c2c1. The van der Waals surface area contributed by atoms with Crippen LogP contribution in [0.25, 0.3) is 11.0 Å². The predicted octanol–water partition coefficient (Wildman–Crippen LogP) is 3.88. The normalized spacial score (nSPS) is 16.2. The number of hydrogen-bond donors (Lipinski definition) is 2. The summed E-state index contributed by atoms with van der Waals surface area (Å²) in [7, 11) is 0. The van der Waals surface area contributed by atoms with Crippen molar-refractivity contribution in [2.24, 2.45) is 0 Å². The van der Waals surface area contributed by atoms with E-state index in [1.165, 1.54) is 0 Å². The molecule has 0 bridgehead atoms. The molecule has 0 radical (unpaired) electrons. The van der Waals surface area contributed by atoms with E-state index in [4.69, 9.17) is 0 Å². The number of aromatic nitrogens is 2. The molecule has 1 fully saturated rings. The smallest absolute Gasteiger partial charge is 0.344 e. The second kappa shape index (κ2) is 7.87. The lowest BCUT2D eigenvalue weighted by molar-refractivity contribution is -0.144. The average molecular weight is 402 g/mol. The van der Waals surface area contributed by atoms with Crippen LogP contribution in [-0.2, 0) is 11.0 Å². The molecule has 152 valence electrons. The summed E-state index contributed by atoms with van der Waals surface area (Å²) in [6.45, 7) is 2.13. The van der Waals surface area contributed by atoms with Gasteiger partial charge in [-0.1, -0.05) is 36.4 Å². The number of hydrogen-bond acceptors (Lipinski definition) is 3. The zero-order valence-corrected chi connectivity index (χ0v) is 15.7. The van der Waals surface area contributed by atoms with Gasteiger partial charge in [-0.25, -0.2) is 4.98 Å². The molecule has 1 amide bonds. The van der Waals surface area contributed by atoms with Crippen LogP contribution in [-0.4, -0.2) is 40.4 Å². The fraction of sp³-hybridized carbons (Fsp3) is 0.333. The van der Waals surface area contributed by atoms with Crippen molar-refractivity contribution in [3.05, 3.63) is 65.5 Å². The fourth-order valence-corrected chi connectivity index (χ4v) is 3.70. The monoisotopic (exact) mass is 402 g/mol. The maximum atomic E-state index is 13.0. The van der Waals surface area contributed by atoms with Gasteiger partial charge in [0.25, 0.3) is 0 Å². The van der Waals surface area contributed by atoms with Gasteiger partial charge in [0.15, 0.2) is 0 Å². The Morgan fingerprint density at radius 1 is 1.10 bits per heavy atom. The number of carbonyl (C=O) groups is 1. The molecule has 3 aromatic rings. The third-order valence-corrected chi connectivity index (χ3v) is 5.11. The molecule has 0 unspecified atom stereocenters. The first-order valence-electron chi connectivity index (χ1n) is 9.54. The molecule has 1 aliphatic heterocycles. The minimum Gasteiger partial charge on any atom is -0.344 e. The third-order valence-electron chi connectivity index (χ3n) is 5.11. The summed E-state index contributed by atoms with van der Waals surface area (Å²) in [4.78, 5) is 20.7. The summed E-state index contributed by atoms with van der Waals surface area (Å²) in [6.07, 6.45) is -2.36. The first kappa shape index (κ1) is 19.4. The van der Waals surface area contributed by atoms with Crippen LogP contribution in [0.1, 0.15) is 35.8 Å². The second-order valence-electron chi connectivity index (χ2n) is 7.25. The summed E-state index contributed by atoms with van der Waals surface area (Å²) in [5.41, 5.74) is 2.06. The Morgan fingerprint density at radius 3 is 2.52 bits per heavy atom. The highest BCUT2D eigenvalue weighted by molar-refractivity contribution is 5.80. The molecular weight excluding hydrogens is 381 g/mol. The van der Waals surface area contributed by atoms with Crippen LogP contribution in [0.4, 0.5) is 13.2 Å². The van der Waals surface area contributed by atoms with Crippen molar-refractivity contribution in [2.45, 2.75) is 25.1 Å². The number of fused-ring (bicyclic) bond motifs is 1. The average Bonchev–Trinajstić information content (AvgIpc) is 3.35. The van der Waals surface area contributed by atoms with E-state index < -0.39 is 18.0 Å². The van der Waals surface area contributed by atoms with Gasteiger partial charge in [0.2, 0.25) is 11.7 Å². The van der Waals surface area contributed by atoms with E-state index in [1.54, 1.807) is 18.2 Å². The molecule has 0 spiro atoms. The van der Waals surface area contributed by atoms with Gasteiger partial charge in [0.05, 0.1) is 23.6 Å². The lowest BCUT2D eigenvalue weighted by atomic mass is 9.98. The molecule has 29 heavy (non-hydrogen) atoms. The molecule has 2 aromatic carbocycles. The van der Waals surface area contributed by atoms with Gasteiger partial charge in [-0.15, -0.1) is 0 Å². The number of rotatable bonds is 5. The van der Waals surface area contributed by atoms with Gasteiger partial charge in [0, 0.05) is 0 Å². The zero-order valence-electron chi connectivity index (χ0n) is 15.7. The first-order chi connectivity index (χ1) is 13.9. The van der Waals surface area contributed by atoms with E-state index in [-0.39, 0.29) is 16.9 Å². The minimum absolute atomic E-state index is 0.110. The Hall–Kier alpha value is -2.87. The van der Waals surface area contributed by atoms with E-state index in [9.17, 15) is 18.0 Å². The highest BCUT2D eigenvalue weighted by Crippen LogP contribution is 2.30. The molecule has 2 N–H and O–H groups in total. The van der Waals surface area contributed by atoms with E-state index in [0.717, 1.165) is 31.5 Å². The van der Waals surface area contributed by atoms with Crippen LogP contribution >= 0.6 is 0 Å². The Bertz CT molecular complexity index is 994. The molecular formula is C21H21F3N4O. The number of imidazole rings is 1. The first-order valence-corrected chi connectivity index (χ1v) is 9.54. The van der Waals surface area contributed by atoms with Crippen molar-refractivity contribution in [3.8, 4) is 0 Å². The van der Waals surface area contributed by atoms with Gasteiger partial charge < -0.3 is 10.3 Å². The maximum absolute atomic E-state index is 13.0. The summed E-state index contributed by atoms with van der Waals surface area (Å²) in [6, 6.07) is 13.8. The van der Waals surface area contributed by atoms with Crippen LogP contribution in [0.15, 0.2) is 48.5 Å². The molecule has 2 heterocycles. The van der Waals surface area contributed by atoms with Crippen molar-refractivity contribution in [1.29, 1.82) is 0 Å². The van der Waals surface area contributed by atoms with Gasteiger partial charge in [0.1, 0.15) is 0 Å². The van der Waals surface area contributed by atoms with Gasteiger partial charge in [-0.3, -0.25) is 9.69 Å². The number of H-pyrrole nitrogens is 1. The molecule has 5 nitrogen and oxygen atoms in total. The zero-order chi connectivity index (χ0) is 20.4. The summed E-state index contributed by atoms with van der Waals surface area (Å²) in [5, 5.41) is 3.04. The number of benzene rings is 2.